The molecule has 13 fully saturated rings. The van der Waals surface area contributed by atoms with Crippen LogP contribution in [0.5, 0.6) is 0 Å². The van der Waals surface area contributed by atoms with Crippen molar-refractivity contribution in [1.82, 2.24) is 0 Å². The van der Waals surface area contributed by atoms with Gasteiger partial charge in [-0.2, -0.15) is 0 Å². The predicted molar refractivity (Wildman–Crippen MR) is 406 cm³/mol. The van der Waals surface area contributed by atoms with Crippen molar-refractivity contribution in [2.45, 2.75) is 163 Å². The highest BCUT2D eigenvalue weighted by Crippen LogP contribution is 2.57. The van der Waals surface area contributed by atoms with Gasteiger partial charge in [-0.1, -0.05) is 103 Å². The summed E-state index contributed by atoms with van der Waals surface area (Å²) in [6.45, 7) is 18.2. The highest BCUT2D eigenvalue weighted by Gasteiger charge is 2.50. The summed E-state index contributed by atoms with van der Waals surface area (Å²) in [4.78, 5) is 0. The van der Waals surface area contributed by atoms with Crippen LogP contribution in [0, 0.1) is 130 Å². The zero-order valence-electron chi connectivity index (χ0n) is 56.2. The Labute approximate surface area is 589 Å². The quantitative estimate of drug-likeness (QED) is 0.174. The molecule has 27 heteroatoms. The van der Waals surface area contributed by atoms with Crippen molar-refractivity contribution in [1.29, 1.82) is 0 Å². The SMILES string of the molecule is C=S1(=O)CC2C(CS1)[C@H]1CC[C@@H]2C1.C[C@@H]1CC2CS(=O)(=O)SCC2C[C@@H]1C.C[C@@H]1CC2CSS(=O)(=O)CC2C[C@@H]1C.C[C@@H]1CC2CSS(=O)(=O)CC2C[C@H]1C.C[C@H]1CC2CSS(=O)(=O)CC2C[C@@H]1C.O=S1(=O)CC2CCCCC2CS1.O=S1(=O)Cc2ccccc2CS1. The fourth-order valence-corrected chi connectivity index (χ4v) is 43.8. The van der Waals surface area contributed by atoms with Gasteiger partial charge in [-0.05, 0) is 295 Å². The third-order valence-corrected chi connectivity index (χ3v) is 49.9. The summed E-state index contributed by atoms with van der Waals surface area (Å²) in [5.74, 6) is 28.2. The van der Waals surface area contributed by atoms with Gasteiger partial charge in [0.05, 0.1) is 34.5 Å². The van der Waals surface area contributed by atoms with Gasteiger partial charge in [-0.25, -0.2) is 50.5 Å². The molecular formula is C66H110O13S14. The van der Waals surface area contributed by atoms with E-state index in [0.29, 0.717) is 117 Å². The van der Waals surface area contributed by atoms with Crippen LogP contribution in [0.3, 0.4) is 0 Å². The Bertz CT molecular complexity index is 3240. The van der Waals surface area contributed by atoms with Gasteiger partial charge in [0.15, 0.2) is 0 Å². The molecule has 0 amide bonds. The van der Waals surface area contributed by atoms with Crippen LogP contribution in [0.15, 0.2) is 24.3 Å². The predicted octanol–water partition coefficient (Wildman–Crippen LogP) is 15.1. The lowest BCUT2D eigenvalue weighted by molar-refractivity contribution is 0.160. The normalized spacial score (nSPS) is 44.4. The Hall–Kier alpha value is 1.39. The lowest BCUT2D eigenvalue weighted by Gasteiger charge is -2.40. The van der Waals surface area contributed by atoms with Gasteiger partial charge in [0.1, 0.15) is 0 Å². The van der Waals surface area contributed by atoms with Gasteiger partial charge >= 0.3 is 0 Å². The maximum atomic E-state index is 11.9. The second kappa shape index (κ2) is 33.0. The molecule has 1 aromatic carbocycles. The Morgan fingerprint density at radius 3 is 0.989 bits per heavy atom. The molecule has 536 valence electrons. The van der Waals surface area contributed by atoms with E-state index in [0.717, 1.165) is 142 Å². The molecule has 2 bridgehead atoms. The summed E-state index contributed by atoms with van der Waals surface area (Å²) in [5.41, 5.74) is 2.11. The van der Waals surface area contributed by atoms with E-state index >= 15 is 0 Å². The minimum atomic E-state index is -2.88. The topological polar surface area (TPSA) is 222 Å². The summed E-state index contributed by atoms with van der Waals surface area (Å²) in [7, 11) is -9.88. The molecule has 13 nitrogen and oxygen atoms in total. The van der Waals surface area contributed by atoms with Crippen molar-refractivity contribution < 1.29 is 54.7 Å². The van der Waals surface area contributed by atoms with Gasteiger partial charge in [-0.3, -0.25) is 4.21 Å². The van der Waals surface area contributed by atoms with Gasteiger partial charge in [0.2, 0.25) is 53.2 Å². The number of rotatable bonds is 0. The van der Waals surface area contributed by atoms with Crippen LogP contribution in [-0.2, 0) is 73.3 Å². The van der Waals surface area contributed by atoms with Crippen molar-refractivity contribution in [3.63, 3.8) is 0 Å². The summed E-state index contributed by atoms with van der Waals surface area (Å²) in [6.07, 6.45) is 18.6. The third-order valence-electron chi connectivity index (χ3n) is 24.5. The lowest BCUT2D eigenvalue weighted by atomic mass is 9.71. The lowest BCUT2D eigenvalue weighted by Crippen LogP contribution is -2.37. The second-order valence-electron chi connectivity index (χ2n) is 31.2. The van der Waals surface area contributed by atoms with Gasteiger partial charge in [-0.15, -0.1) is 0 Å². The number of fused-ring (bicyclic) bond motifs is 11. The summed E-state index contributed by atoms with van der Waals surface area (Å²) >= 11 is 0. The molecule has 6 saturated heterocycles. The zero-order chi connectivity index (χ0) is 67.6. The first-order valence-corrected chi connectivity index (χ1v) is 57.0. The van der Waals surface area contributed by atoms with E-state index in [-0.39, 0.29) is 5.75 Å². The molecule has 15 rings (SSSR count). The van der Waals surface area contributed by atoms with Crippen molar-refractivity contribution >= 4 is 143 Å². The van der Waals surface area contributed by atoms with Crippen molar-refractivity contribution in [2.75, 3.05) is 69.0 Å². The molecule has 7 saturated carbocycles. The Morgan fingerprint density at radius 2 is 0.613 bits per heavy atom. The highest BCUT2D eigenvalue weighted by molar-refractivity contribution is 8.75. The minimum absolute atomic E-state index is 0.188. The van der Waals surface area contributed by atoms with Crippen LogP contribution in [0.4, 0.5) is 0 Å². The molecule has 7 aliphatic carbocycles. The third kappa shape index (κ3) is 22.7. The molecule has 1 aromatic rings. The van der Waals surface area contributed by atoms with E-state index in [2.05, 4.69) is 61.3 Å². The molecule has 0 radical (unpaired) electrons. The van der Waals surface area contributed by atoms with Crippen LogP contribution in [-0.4, -0.2) is 130 Å². The largest absolute Gasteiger partial charge is 0.257 e. The zero-order valence-corrected chi connectivity index (χ0v) is 67.7. The maximum Gasteiger partial charge on any atom is 0.206 e. The molecule has 7 aliphatic heterocycles. The summed E-state index contributed by atoms with van der Waals surface area (Å²) in [6, 6.07) is 7.69. The fraction of sp³-hybridized carbons (Fsp3) is 0.894. The van der Waals surface area contributed by atoms with Crippen LogP contribution < -0.4 is 0 Å². The van der Waals surface area contributed by atoms with E-state index < -0.39 is 61.8 Å². The molecule has 0 aromatic heterocycles. The second-order valence-corrected chi connectivity index (χ2v) is 61.5. The molecule has 13 unspecified atom stereocenters. The summed E-state index contributed by atoms with van der Waals surface area (Å²) < 4.78 is 148. The molecule has 0 N–H and O–H groups in total. The Kier molecular flexibility index (Phi) is 27.9. The molecule has 14 aliphatic rings. The van der Waals surface area contributed by atoms with Crippen molar-refractivity contribution in [2.24, 2.45) is 130 Å². The van der Waals surface area contributed by atoms with Crippen molar-refractivity contribution in [3.8, 4) is 0 Å². The standard InChI is InChI=1S/4C10H18O2S2.C10H16OS2.C8H14O2S2.C8H8O2S2/c4*1-7-3-9-5-13-14(11,12)6-10(9)4-8(7)2;1-13(11)6-10-8-3-2-7(4-8)9(10)5-12-13;2*9-12(10)6-8-4-2-1-3-7(8)5-11-12/h4*7-10H,3-6H2,1-2H3;7-10H,1-6H2;7-8H,1-6H2;1-4H,5-6H2/t2*7-,8+,9?,10?;2*7-,8-,9?,10?;7-,8+,9?,10?,13?;;/m10100../s1. The van der Waals surface area contributed by atoms with Crippen LogP contribution in [0.1, 0.15) is 163 Å². The number of benzene rings is 1. The molecular weight excluding hydrogens is 1450 g/mol. The van der Waals surface area contributed by atoms with E-state index in [1.165, 1.54) is 118 Å². The first-order chi connectivity index (χ1) is 43.4. The van der Waals surface area contributed by atoms with Gasteiger partial charge in [0.25, 0.3) is 0 Å². The van der Waals surface area contributed by atoms with E-state index in [4.69, 9.17) is 0 Å². The molecule has 93 heavy (non-hydrogen) atoms. The summed E-state index contributed by atoms with van der Waals surface area (Å²) in [5, 5.41) is 0. The smallest absolute Gasteiger partial charge is 0.206 e. The van der Waals surface area contributed by atoms with Gasteiger partial charge < -0.3 is 0 Å². The van der Waals surface area contributed by atoms with Crippen LogP contribution >= 0.6 is 75.6 Å². The monoisotopic (exact) mass is 1560 g/mol. The molecule has 23 atom stereocenters. The average Bonchev–Trinajstić information content (AvgIpc) is 1.71. The fourth-order valence-electron chi connectivity index (χ4n) is 17.9. The number of hydrogen-bond donors (Lipinski definition) is 0. The first kappa shape index (κ1) is 78.5. The number of hydrogen-bond acceptors (Lipinski definition) is 20. The van der Waals surface area contributed by atoms with E-state index in [9.17, 15) is 54.7 Å². The van der Waals surface area contributed by atoms with Crippen LogP contribution in [0.25, 0.3) is 0 Å². The molecule has 7 heterocycles. The van der Waals surface area contributed by atoms with E-state index in [1.807, 2.05) is 24.3 Å². The minimum Gasteiger partial charge on any atom is -0.257 e. The average molecular weight is 1560 g/mol. The Morgan fingerprint density at radius 1 is 0.301 bits per heavy atom. The van der Waals surface area contributed by atoms with E-state index in [1.54, 1.807) is 10.8 Å². The first-order valence-electron chi connectivity index (χ1n) is 34.7. The molecule has 0 spiro atoms. The van der Waals surface area contributed by atoms with Crippen LogP contribution in [0.2, 0.25) is 0 Å². The maximum absolute atomic E-state index is 11.9. The highest BCUT2D eigenvalue weighted by atomic mass is 33.2. The Balaban J connectivity index is 0.000000128. The van der Waals surface area contributed by atoms with Gasteiger partial charge in [0, 0.05) is 54.6 Å². The van der Waals surface area contributed by atoms with Crippen molar-refractivity contribution in [3.05, 3.63) is 35.4 Å².